The minimum Gasteiger partial charge on any atom is -0.506 e. The van der Waals surface area contributed by atoms with E-state index in [0.717, 1.165) is 0 Å². The summed E-state index contributed by atoms with van der Waals surface area (Å²) in [6.07, 6.45) is 0. The van der Waals surface area contributed by atoms with Crippen LogP contribution < -0.4 is 5.73 Å². The highest BCUT2D eigenvalue weighted by molar-refractivity contribution is 7.89. The van der Waals surface area contributed by atoms with E-state index in [1.54, 1.807) is 0 Å². The van der Waals surface area contributed by atoms with Crippen LogP contribution in [0.4, 0.5) is 5.69 Å². The number of nitrogens with two attached hydrogens (primary N) is 1. The Morgan fingerprint density at radius 2 is 2.12 bits per heavy atom. The SMILES string of the molecule is COCCN(C)S(=O)(=O)c1ccc(O)c(N)c1. The van der Waals surface area contributed by atoms with Crippen LogP contribution in [0.25, 0.3) is 0 Å². The van der Waals surface area contributed by atoms with Gasteiger partial charge < -0.3 is 15.6 Å². The summed E-state index contributed by atoms with van der Waals surface area (Å²) < 4.78 is 30.1. The highest BCUT2D eigenvalue weighted by Crippen LogP contribution is 2.24. The van der Waals surface area contributed by atoms with Gasteiger partial charge in [0, 0.05) is 20.7 Å². The number of ether oxygens (including phenoxy) is 1. The second kappa shape index (κ2) is 5.35. The molecule has 0 aliphatic carbocycles. The maximum atomic E-state index is 12.0. The van der Waals surface area contributed by atoms with Gasteiger partial charge in [-0.25, -0.2) is 8.42 Å². The zero-order valence-electron chi connectivity index (χ0n) is 9.75. The van der Waals surface area contributed by atoms with Crippen molar-refractivity contribution in [1.29, 1.82) is 0 Å². The van der Waals surface area contributed by atoms with Crippen LogP contribution in [0.1, 0.15) is 0 Å². The van der Waals surface area contributed by atoms with E-state index >= 15 is 0 Å². The van der Waals surface area contributed by atoms with Crippen molar-refractivity contribution in [3.8, 4) is 5.75 Å². The molecule has 0 bridgehead atoms. The molecule has 1 aromatic rings. The number of phenols is 1. The van der Waals surface area contributed by atoms with E-state index in [2.05, 4.69) is 0 Å². The molecule has 0 saturated heterocycles. The fourth-order valence-electron chi connectivity index (χ4n) is 1.21. The van der Waals surface area contributed by atoms with Gasteiger partial charge in [0.05, 0.1) is 17.2 Å². The average molecular weight is 260 g/mol. The predicted octanol–water partition coefficient (Wildman–Crippen LogP) is 0.241. The minimum absolute atomic E-state index is 0.0335. The van der Waals surface area contributed by atoms with Gasteiger partial charge in [0.1, 0.15) is 5.75 Å². The van der Waals surface area contributed by atoms with E-state index in [4.69, 9.17) is 10.5 Å². The van der Waals surface area contributed by atoms with Gasteiger partial charge in [-0.1, -0.05) is 0 Å². The molecule has 17 heavy (non-hydrogen) atoms. The van der Waals surface area contributed by atoms with E-state index in [1.165, 1.54) is 36.7 Å². The number of rotatable bonds is 5. The maximum Gasteiger partial charge on any atom is 0.242 e. The average Bonchev–Trinajstić information content (AvgIpc) is 2.29. The van der Waals surface area contributed by atoms with Gasteiger partial charge in [-0.15, -0.1) is 0 Å². The summed E-state index contributed by atoms with van der Waals surface area (Å²) in [7, 11) is -0.633. The molecule has 0 radical (unpaired) electrons. The van der Waals surface area contributed by atoms with Crippen LogP contribution in [0.15, 0.2) is 23.1 Å². The van der Waals surface area contributed by atoms with Gasteiger partial charge in [0.25, 0.3) is 0 Å². The maximum absolute atomic E-state index is 12.0. The first-order chi connectivity index (χ1) is 7.89. The number of nitrogens with zero attached hydrogens (tertiary/aromatic N) is 1. The first-order valence-corrected chi connectivity index (χ1v) is 6.37. The second-order valence-electron chi connectivity index (χ2n) is 3.54. The summed E-state index contributed by atoms with van der Waals surface area (Å²) in [4.78, 5) is 0.0476. The van der Waals surface area contributed by atoms with Gasteiger partial charge in [-0.05, 0) is 18.2 Å². The Kier molecular flexibility index (Phi) is 4.33. The molecule has 0 aliphatic heterocycles. The molecular formula is C10H16N2O4S. The number of anilines is 1. The van der Waals surface area contributed by atoms with Crippen LogP contribution in [0.5, 0.6) is 5.75 Å². The molecule has 7 heteroatoms. The van der Waals surface area contributed by atoms with E-state index in [0.29, 0.717) is 6.61 Å². The zero-order chi connectivity index (χ0) is 13.1. The Morgan fingerprint density at radius 3 is 2.65 bits per heavy atom. The first kappa shape index (κ1) is 13.8. The number of aromatic hydroxyl groups is 1. The molecule has 0 fully saturated rings. The minimum atomic E-state index is -3.59. The Morgan fingerprint density at radius 1 is 1.47 bits per heavy atom. The third kappa shape index (κ3) is 3.09. The smallest absolute Gasteiger partial charge is 0.242 e. The highest BCUT2D eigenvalue weighted by Gasteiger charge is 2.21. The lowest BCUT2D eigenvalue weighted by molar-refractivity contribution is 0.185. The lowest BCUT2D eigenvalue weighted by Gasteiger charge is -2.17. The molecule has 0 aromatic heterocycles. The normalized spacial score (nSPS) is 11.9. The van der Waals surface area contributed by atoms with Crippen molar-refractivity contribution >= 4 is 15.7 Å². The van der Waals surface area contributed by atoms with Crippen LogP contribution in [0.2, 0.25) is 0 Å². The van der Waals surface area contributed by atoms with Crippen LogP contribution in [-0.4, -0.2) is 45.1 Å². The first-order valence-electron chi connectivity index (χ1n) is 4.93. The molecule has 0 aliphatic rings. The van der Waals surface area contributed by atoms with Gasteiger partial charge in [-0.2, -0.15) is 4.31 Å². The molecule has 96 valence electrons. The summed E-state index contributed by atoms with van der Waals surface area (Å²) >= 11 is 0. The molecule has 0 amide bonds. The van der Waals surface area contributed by atoms with E-state index < -0.39 is 10.0 Å². The van der Waals surface area contributed by atoms with Crippen molar-refractivity contribution in [3.05, 3.63) is 18.2 Å². The highest BCUT2D eigenvalue weighted by atomic mass is 32.2. The van der Waals surface area contributed by atoms with E-state index in [9.17, 15) is 13.5 Å². The van der Waals surface area contributed by atoms with Crippen LogP contribution >= 0.6 is 0 Å². The van der Waals surface area contributed by atoms with E-state index in [-0.39, 0.29) is 22.9 Å². The van der Waals surface area contributed by atoms with Crippen molar-refractivity contribution in [2.45, 2.75) is 4.90 Å². The zero-order valence-corrected chi connectivity index (χ0v) is 10.6. The number of nitrogen functional groups attached to an aromatic ring is 1. The van der Waals surface area contributed by atoms with Crippen molar-refractivity contribution in [1.82, 2.24) is 4.31 Å². The number of phenolic OH excluding ortho intramolecular Hbond substituents is 1. The molecule has 0 heterocycles. The number of hydrogen-bond donors (Lipinski definition) is 2. The summed E-state index contributed by atoms with van der Waals surface area (Å²) in [5.41, 5.74) is 5.49. The molecule has 3 N–H and O–H groups in total. The molecule has 6 nitrogen and oxygen atoms in total. The molecule has 0 atom stereocenters. The third-order valence-electron chi connectivity index (χ3n) is 2.32. The fraction of sp³-hybridized carbons (Fsp3) is 0.400. The summed E-state index contributed by atoms with van der Waals surface area (Å²) in [5, 5.41) is 9.24. The van der Waals surface area contributed by atoms with Gasteiger partial charge in [0.2, 0.25) is 10.0 Å². The van der Waals surface area contributed by atoms with Gasteiger partial charge >= 0.3 is 0 Å². The predicted molar refractivity (Wildman–Crippen MR) is 64.2 cm³/mol. The quantitative estimate of drug-likeness (QED) is 0.584. The van der Waals surface area contributed by atoms with Crippen LogP contribution in [0, 0.1) is 0 Å². The number of benzene rings is 1. The van der Waals surface area contributed by atoms with Crippen LogP contribution in [0.3, 0.4) is 0 Å². The molecule has 1 aromatic carbocycles. The molecule has 1 rings (SSSR count). The lowest BCUT2D eigenvalue weighted by Crippen LogP contribution is -2.30. The largest absolute Gasteiger partial charge is 0.506 e. The second-order valence-corrected chi connectivity index (χ2v) is 5.58. The number of methoxy groups -OCH3 is 1. The van der Waals surface area contributed by atoms with Crippen molar-refractivity contribution < 1.29 is 18.3 Å². The Balaban J connectivity index is 3.00. The monoisotopic (exact) mass is 260 g/mol. The Labute approximate surface area is 101 Å². The number of sulfonamides is 1. The Bertz CT molecular complexity index is 487. The summed E-state index contributed by atoms with van der Waals surface area (Å²) in [6.45, 7) is 0.558. The van der Waals surface area contributed by atoms with Crippen molar-refractivity contribution in [2.75, 3.05) is 33.0 Å². The molecule has 0 spiro atoms. The van der Waals surface area contributed by atoms with Crippen molar-refractivity contribution in [3.63, 3.8) is 0 Å². The summed E-state index contributed by atoms with van der Waals surface area (Å²) in [6, 6.07) is 3.80. The number of likely N-dealkylation sites (N-methyl/N-ethyl adjacent to an activating group) is 1. The molecule has 0 unspecified atom stereocenters. The number of hydrogen-bond acceptors (Lipinski definition) is 5. The van der Waals surface area contributed by atoms with Gasteiger partial charge in [0.15, 0.2) is 0 Å². The molecule has 0 saturated carbocycles. The lowest BCUT2D eigenvalue weighted by atomic mass is 10.3. The Hall–Kier alpha value is -1.31. The van der Waals surface area contributed by atoms with Crippen LogP contribution in [-0.2, 0) is 14.8 Å². The molecular weight excluding hydrogens is 244 g/mol. The summed E-state index contributed by atoms with van der Waals surface area (Å²) in [5.74, 6) is -0.136. The van der Waals surface area contributed by atoms with Crippen molar-refractivity contribution in [2.24, 2.45) is 0 Å². The van der Waals surface area contributed by atoms with E-state index in [1.807, 2.05) is 0 Å². The third-order valence-corrected chi connectivity index (χ3v) is 4.17. The van der Waals surface area contributed by atoms with Gasteiger partial charge in [-0.3, -0.25) is 0 Å². The standard InChI is InChI=1S/C10H16N2O4S/c1-12(5-6-16-2)17(14,15)8-3-4-10(13)9(11)7-8/h3-4,7,13H,5-6,11H2,1-2H3. The fourth-order valence-corrected chi connectivity index (χ4v) is 2.40. The topological polar surface area (TPSA) is 92.9 Å².